The van der Waals surface area contributed by atoms with Gasteiger partial charge in [-0.25, -0.2) is 0 Å². The summed E-state index contributed by atoms with van der Waals surface area (Å²) in [5.74, 6) is 0.349. The van der Waals surface area contributed by atoms with Gasteiger partial charge in [0, 0.05) is 31.6 Å². The van der Waals surface area contributed by atoms with E-state index in [1.54, 1.807) is 0 Å². The molecule has 1 rings (SSSR count). The molecule has 1 heterocycles. The molecule has 1 aliphatic heterocycles. The molecule has 0 aromatic rings. The lowest BCUT2D eigenvalue weighted by molar-refractivity contribution is -0.133. The zero-order chi connectivity index (χ0) is 12.7. The maximum Gasteiger partial charge on any atom is 0.222 e. The fourth-order valence-corrected chi connectivity index (χ4v) is 2.57. The van der Waals surface area contributed by atoms with Crippen molar-refractivity contribution in [3.63, 3.8) is 0 Å². The Hall–Kier alpha value is -0.570. The molecule has 3 nitrogen and oxygen atoms in total. The number of piperazine rings is 1. The predicted octanol–water partition coefficient (Wildman–Crippen LogP) is 2.56. The number of carbonyl (C=O) groups is 1. The molecule has 0 aromatic heterocycles. The monoisotopic (exact) mass is 240 g/mol. The topological polar surface area (TPSA) is 32.3 Å². The molecule has 2 unspecified atom stereocenters. The summed E-state index contributed by atoms with van der Waals surface area (Å²) in [7, 11) is 0. The number of hydrogen-bond acceptors (Lipinski definition) is 2. The van der Waals surface area contributed by atoms with Gasteiger partial charge < -0.3 is 10.2 Å². The number of unbranched alkanes of at least 4 members (excludes halogenated alkanes) is 4. The second-order valence-corrected chi connectivity index (χ2v) is 5.43. The van der Waals surface area contributed by atoms with E-state index in [0.29, 0.717) is 18.0 Å². The van der Waals surface area contributed by atoms with Crippen molar-refractivity contribution in [2.24, 2.45) is 0 Å². The van der Waals surface area contributed by atoms with Crippen LogP contribution in [-0.2, 0) is 4.79 Å². The fraction of sp³-hybridized carbons (Fsp3) is 0.929. The van der Waals surface area contributed by atoms with E-state index in [1.165, 1.54) is 25.7 Å². The van der Waals surface area contributed by atoms with Gasteiger partial charge in [0.1, 0.15) is 0 Å². The molecule has 1 saturated heterocycles. The van der Waals surface area contributed by atoms with E-state index in [4.69, 9.17) is 0 Å². The highest BCUT2D eigenvalue weighted by atomic mass is 16.2. The second kappa shape index (κ2) is 7.70. The van der Waals surface area contributed by atoms with Gasteiger partial charge in [0.25, 0.3) is 0 Å². The van der Waals surface area contributed by atoms with Gasteiger partial charge in [0.05, 0.1) is 0 Å². The first kappa shape index (κ1) is 14.5. The SMILES string of the molecule is CCCCCCCC(=O)N1CC(C)NC(C)C1. The third kappa shape index (κ3) is 5.53. The van der Waals surface area contributed by atoms with Crippen molar-refractivity contribution in [3.8, 4) is 0 Å². The summed E-state index contributed by atoms with van der Waals surface area (Å²) < 4.78 is 0. The van der Waals surface area contributed by atoms with Crippen molar-refractivity contribution in [2.75, 3.05) is 13.1 Å². The van der Waals surface area contributed by atoms with E-state index in [1.807, 2.05) is 4.90 Å². The van der Waals surface area contributed by atoms with Gasteiger partial charge in [-0.2, -0.15) is 0 Å². The van der Waals surface area contributed by atoms with Crippen LogP contribution in [0.3, 0.4) is 0 Å². The number of nitrogens with zero attached hydrogens (tertiary/aromatic N) is 1. The number of nitrogens with one attached hydrogen (secondary N) is 1. The molecule has 1 N–H and O–H groups in total. The summed E-state index contributed by atoms with van der Waals surface area (Å²) in [5.41, 5.74) is 0. The van der Waals surface area contributed by atoms with E-state index < -0.39 is 0 Å². The van der Waals surface area contributed by atoms with Crippen LogP contribution in [0.5, 0.6) is 0 Å². The maximum atomic E-state index is 12.0. The average molecular weight is 240 g/mol. The molecule has 0 bridgehead atoms. The number of hydrogen-bond donors (Lipinski definition) is 1. The number of carbonyl (C=O) groups excluding carboxylic acids is 1. The van der Waals surface area contributed by atoms with Gasteiger partial charge in [-0.15, -0.1) is 0 Å². The molecule has 0 aliphatic carbocycles. The van der Waals surface area contributed by atoms with Gasteiger partial charge in [-0.05, 0) is 20.3 Å². The second-order valence-electron chi connectivity index (χ2n) is 5.43. The largest absolute Gasteiger partial charge is 0.340 e. The molecule has 100 valence electrons. The first-order valence-corrected chi connectivity index (χ1v) is 7.17. The lowest BCUT2D eigenvalue weighted by Gasteiger charge is -2.36. The van der Waals surface area contributed by atoms with Crippen molar-refractivity contribution in [2.45, 2.75) is 71.4 Å². The van der Waals surface area contributed by atoms with E-state index in [-0.39, 0.29) is 0 Å². The van der Waals surface area contributed by atoms with Crippen LogP contribution in [0, 0.1) is 0 Å². The zero-order valence-electron chi connectivity index (χ0n) is 11.7. The molecular weight excluding hydrogens is 212 g/mol. The molecule has 0 saturated carbocycles. The molecular formula is C14H28N2O. The van der Waals surface area contributed by atoms with Crippen molar-refractivity contribution < 1.29 is 4.79 Å². The number of amides is 1. The molecule has 1 amide bonds. The predicted molar refractivity (Wildman–Crippen MR) is 72.0 cm³/mol. The van der Waals surface area contributed by atoms with Crippen LogP contribution in [0.25, 0.3) is 0 Å². The minimum atomic E-state index is 0.349. The molecule has 2 atom stereocenters. The Bertz CT molecular complexity index is 220. The van der Waals surface area contributed by atoms with Crippen molar-refractivity contribution in [1.82, 2.24) is 10.2 Å². The van der Waals surface area contributed by atoms with Gasteiger partial charge in [0.2, 0.25) is 5.91 Å². The highest BCUT2D eigenvalue weighted by Gasteiger charge is 2.23. The summed E-state index contributed by atoms with van der Waals surface area (Å²) in [6.07, 6.45) is 6.85. The van der Waals surface area contributed by atoms with Crippen LogP contribution in [0.1, 0.15) is 59.3 Å². The first-order valence-electron chi connectivity index (χ1n) is 7.17. The van der Waals surface area contributed by atoms with Gasteiger partial charge in [-0.3, -0.25) is 4.79 Å². The van der Waals surface area contributed by atoms with Crippen LogP contribution in [0.4, 0.5) is 0 Å². The van der Waals surface area contributed by atoms with Crippen LogP contribution < -0.4 is 5.32 Å². The molecule has 1 fully saturated rings. The summed E-state index contributed by atoms with van der Waals surface area (Å²) in [4.78, 5) is 14.1. The fourth-order valence-electron chi connectivity index (χ4n) is 2.57. The Balaban J connectivity index is 2.18. The van der Waals surface area contributed by atoms with Crippen LogP contribution in [0.2, 0.25) is 0 Å². The Morgan fingerprint density at radius 1 is 1.12 bits per heavy atom. The van der Waals surface area contributed by atoms with Crippen LogP contribution in [-0.4, -0.2) is 36.0 Å². The van der Waals surface area contributed by atoms with Gasteiger partial charge in [0.15, 0.2) is 0 Å². The standard InChI is InChI=1S/C14H28N2O/c1-4-5-6-7-8-9-14(17)16-10-12(2)15-13(3)11-16/h12-13,15H,4-11H2,1-3H3. The first-order chi connectivity index (χ1) is 8.13. The summed E-state index contributed by atoms with van der Waals surface area (Å²) in [5, 5.41) is 3.45. The van der Waals surface area contributed by atoms with Crippen LogP contribution in [0.15, 0.2) is 0 Å². The van der Waals surface area contributed by atoms with Gasteiger partial charge in [-0.1, -0.05) is 32.6 Å². The summed E-state index contributed by atoms with van der Waals surface area (Å²) in [6, 6.07) is 0.866. The van der Waals surface area contributed by atoms with Gasteiger partial charge >= 0.3 is 0 Å². The van der Waals surface area contributed by atoms with E-state index in [2.05, 4.69) is 26.1 Å². The Labute approximate surface area is 106 Å². The summed E-state index contributed by atoms with van der Waals surface area (Å²) >= 11 is 0. The molecule has 3 heteroatoms. The Morgan fingerprint density at radius 2 is 1.71 bits per heavy atom. The highest BCUT2D eigenvalue weighted by molar-refractivity contribution is 5.76. The lowest BCUT2D eigenvalue weighted by Crippen LogP contribution is -2.55. The zero-order valence-corrected chi connectivity index (χ0v) is 11.7. The van der Waals surface area contributed by atoms with Crippen molar-refractivity contribution in [3.05, 3.63) is 0 Å². The van der Waals surface area contributed by atoms with E-state index >= 15 is 0 Å². The minimum absolute atomic E-state index is 0.349. The third-order valence-corrected chi connectivity index (χ3v) is 3.40. The normalized spacial score (nSPS) is 25.0. The quantitative estimate of drug-likeness (QED) is 0.724. The highest BCUT2D eigenvalue weighted by Crippen LogP contribution is 2.10. The van der Waals surface area contributed by atoms with Crippen molar-refractivity contribution >= 4 is 5.91 Å². The van der Waals surface area contributed by atoms with Crippen molar-refractivity contribution in [1.29, 1.82) is 0 Å². The number of rotatable bonds is 6. The van der Waals surface area contributed by atoms with E-state index in [9.17, 15) is 4.79 Å². The third-order valence-electron chi connectivity index (χ3n) is 3.40. The molecule has 0 radical (unpaired) electrons. The molecule has 0 spiro atoms. The molecule has 17 heavy (non-hydrogen) atoms. The smallest absolute Gasteiger partial charge is 0.222 e. The average Bonchev–Trinajstić information content (AvgIpc) is 2.27. The van der Waals surface area contributed by atoms with Crippen LogP contribution >= 0.6 is 0 Å². The summed E-state index contributed by atoms with van der Waals surface area (Å²) in [6.45, 7) is 8.26. The molecule has 0 aromatic carbocycles. The lowest BCUT2D eigenvalue weighted by atomic mass is 10.1. The maximum absolute atomic E-state index is 12.0. The Kier molecular flexibility index (Phi) is 6.56. The van der Waals surface area contributed by atoms with E-state index in [0.717, 1.165) is 25.9 Å². The minimum Gasteiger partial charge on any atom is -0.340 e. The molecule has 1 aliphatic rings. The Morgan fingerprint density at radius 3 is 2.29 bits per heavy atom.